The lowest BCUT2D eigenvalue weighted by Crippen LogP contribution is -2.42. The third-order valence-electron chi connectivity index (χ3n) is 2.36. The van der Waals surface area contributed by atoms with E-state index in [-0.39, 0.29) is 6.42 Å². The normalized spacial score (nSPS) is 11.6. The van der Waals surface area contributed by atoms with Crippen molar-refractivity contribution in [2.75, 3.05) is 5.73 Å². The van der Waals surface area contributed by atoms with Gasteiger partial charge in [0.2, 0.25) is 5.91 Å². The van der Waals surface area contributed by atoms with Crippen molar-refractivity contribution in [2.45, 2.75) is 18.9 Å². The van der Waals surface area contributed by atoms with Crippen LogP contribution in [0.5, 0.6) is 0 Å². The summed E-state index contributed by atoms with van der Waals surface area (Å²) >= 11 is 0. The van der Waals surface area contributed by atoms with Gasteiger partial charge in [-0.1, -0.05) is 12.1 Å². The van der Waals surface area contributed by atoms with E-state index in [1.807, 2.05) is 0 Å². The minimum atomic E-state index is -1.43. The maximum absolute atomic E-state index is 11.6. The van der Waals surface area contributed by atoms with Gasteiger partial charge < -0.3 is 21.3 Å². The Morgan fingerprint density at radius 3 is 2.21 bits per heavy atom. The van der Waals surface area contributed by atoms with E-state index >= 15 is 0 Å². The highest BCUT2D eigenvalue weighted by Crippen LogP contribution is 2.06. The van der Waals surface area contributed by atoms with Crippen LogP contribution in [0.3, 0.4) is 0 Å². The number of aliphatic carboxylic acids is 2. The number of nitrogens with two attached hydrogens (primary N) is 1. The summed E-state index contributed by atoms with van der Waals surface area (Å²) in [6, 6.07) is 5.09. The Morgan fingerprint density at radius 2 is 1.74 bits per heavy atom. The number of rotatable bonds is 6. The number of benzene rings is 1. The zero-order chi connectivity index (χ0) is 14.4. The maximum atomic E-state index is 11.6. The topological polar surface area (TPSA) is 130 Å². The molecule has 0 aliphatic rings. The smallest absolute Gasteiger partial charge is 0.326 e. The fraction of sp³-hybridized carbons (Fsp3) is 0.250. The molecule has 0 aliphatic carbocycles. The van der Waals surface area contributed by atoms with Crippen LogP contribution in [0, 0.1) is 0 Å². The number of carbonyl (C=O) groups excluding carboxylic acids is 1. The van der Waals surface area contributed by atoms with E-state index in [9.17, 15) is 14.4 Å². The van der Waals surface area contributed by atoms with E-state index < -0.39 is 30.3 Å². The summed E-state index contributed by atoms with van der Waals surface area (Å²) in [6.45, 7) is 0. The molecule has 5 N–H and O–H groups in total. The molecule has 0 bridgehead atoms. The fourth-order valence-corrected chi connectivity index (χ4v) is 1.44. The molecule has 0 radical (unpaired) electrons. The van der Waals surface area contributed by atoms with E-state index in [1.165, 1.54) is 0 Å². The molecular weight excluding hydrogens is 252 g/mol. The van der Waals surface area contributed by atoms with E-state index in [0.717, 1.165) is 0 Å². The lowest BCUT2D eigenvalue weighted by atomic mass is 10.1. The number of carboxylic acids is 2. The number of hydrogen-bond acceptors (Lipinski definition) is 4. The van der Waals surface area contributed by atoms with Crippen LogP contribution in [-0.4, -0.2) is 34.1 Å². The molecule has 0 saturated heterocycles. The second-order valence-electron chi connectivity index (χ2n) is 3.97. The first-order chi connectivity index (χ1) is 8.88. The molecule has 0 saturated carbocycles. The number of carboxylic acid groups (broad SMARTS) is 2. The lowest BCUT2D eigenvalue weighted by molar-refractivity contribution is -0.147. The molecule has 1 atom stereocenters. The summed E-state index contributed by atoms with van der Waals surface area (Å²) < 4.78 is 0. The fourth-order valence-electron chi connectivity index (χ4n) is 1.44. The first kappa shape index (κ1) is 14.5. The van der Waals surface area contributed by atoms with E-state index in [4.69, 9.17) is 15.9 Å². The second kappa shape index (κ2) is 6.39. The first-order valence-electron chi connectivity index (χ1n) is 5.47. The van der Waals surface area contributed by atoms with Crippen molar-refractivity contribution in [3.05, 3.63) is 29.8 Å². The van der Waals surface area contributed by atoms with E-state index in [2.05, 4.69) is 5.32 Å². The van der Waals surface area contributed by atoms with Gasteiger partial charge >= 0.3 is 11.9 Å². The summed E-state index contributed by atoms with van der Waals surface area (Å²) in [4.78, 5) is 32.8. The van der Waals surface area contributed by atoms with Crippen molar-refractivity contribution in [2.24, 2.45) is 0 Å². The standard InChI is InChI=1S/C12H14N2O5/c13-8-3-1-7(2-4-8)5-10(15)14-9(12(18)19)6-11(16)17/h1-4,9H,5-6,13H2,(H,14,15)(H,16,17)(H,18,19)/t9-/m0/s1. The quantitative estimate of drug-likeness (QED) is 0.530. The van der Waals surface area contributed by atoms with Gasteiger partial charge in [0, 0.05) is 5.69 Å². The van der Waals surface area contributed by atoms with Crippen molar-refractivity contribution in [3.8, 4) is 0 Å². The van der Waals surface area contributed by atoms with Gasteiger partial charge in [-0.3, -0.25) is 9.59 Å². The summed E-state index contributed by atoms with van der Waals surface area (Å²) in [5, 5.41) is 19.5. The predicted octanol–water partition coefficient (Wildman–Crippen LogP) is -0.145. The summed E-state index contributed by atoms with van der Waals surface area (Å²) in [7, 11) is 0. The predicted molar refractivity (Wildman–Crippen MR) is 66.4 cm³/mol. The number of amides is 1. The number of nitrogens with one attached hydrogen (secondary N) is 1. The molecule has 0 fully saturated rings. The molecule has 0 aliphatic heterocycles. The second-order valence-corrected chi connectivity index (χ2v) is 3.97. The van der Waals surface area contributed by atoms with Gasteiger partial charge in [-0.15, -0.1) is 0 Å². The number of nitrogen functional groups attached to an aromatic ring is 1. The van der Waals surface area contributed by atoms with Gasteiger partial charge in [0.15, 0.2) is 0 Å². The molecule has 1 aromatic rings. The molecular formula is C12H14N2O5. The molecule has 1 rings (SSSR count). The number of carbonyl (C=O) groups is 3. The minimum absolute atomic E-state index is 0.0380. The highest BCUT2D eigenvalue weighted by Gasteiger charge is 2.22. The Labute approximate surface area is 109 Å². The Hall–Kier alpha value is -2.57. The highest BCUT2D eigenvalue weighted by atomic mass is 16.4. The maximum Gasteiger partial charge on any atom is 0.326 e. The Morgan fingerprint density at radius 1 is 1.16 bits per heavy atom. The highest BCUT2D eigenvalue weighted by molar-refractivity contribution is 5.87. The Kier molecular flexibility index (Phi) is 4.87. The Bertz CT molecular complexity index is 483. The van der Waals surface area contributed by atoms with Crippen LogP contribution >= 0.6 is 0 Å². The molecule has 0 spiro atoms. The molecule has 1 amide bonds. The van der Waals surface area contributed by atoms with Crippen molar-refractivity contribution >= 4 is 23.5 Å². The lowest BCUT2D eigenvalue weighted by Gasteiger charge is -2.12. The minimum Gasteiger partial charge on any atom is -0.481 e. The van der Waals surface area contributed by atoms with Crippen LogP contribution in [0.4, 0.5) is 5.69 Å². The third-order valence-corrected chi connectivity index (χ3v) is 2.36. The first-order valence-corrected chi connectivity index (χ1v) is 5.47. The van der Waals surface area contributed by atoms with Crippen LogP contribution in [0.15, 0.2) is 24.3 Å². The Balaban J connectivity index is 2.59. The molecule has 0 heterocycles. The molecule has 0 aromatic heterocycles. The van der Waals surface area contributed by atoms with Crippen LogP contribution in [0.25, 0.3) is 0 Å². The molecule has 19 heavy (non-hydrogen) atoms. The summed E-state index contributed by atoms with van der Waals surface area (Å²) in [6.07, 6.45) is -0.702. The van der Waals surface area contributed by atoms with Gasteiger partial charge in [-0.05, 0) is 17.7 Å². The van der Waals surface area contributed by atoms with Crippen LogP contribution in [0.2, 0.25) is 0 Å². The van der Waals surface area contributed by atoms with Crippen LogP contribution in [0.1, 0.15) is 12.0 Å². The average molecular weight is 266 g/mol. The summed E-state index contributed by atoms with van der Waals surface area (Å²) in [5.41, 5.74) is 6.70. The third kappa shape index (κ3) is 5.07. The van der Waals surface area contributed by atoms with E-state index in [1.54, 1.807) is 24.3 Å². The molecule has 7 heteroatoms. The van der Waals surface area contributed by atoms with Crippen molar-refractivity contribution in [3.63, 3.8) is 0 Å². The summed E-state index contributed by atoms with van der Waals surface area (Å²) in [5.74, 6) is -3.23. The van der Waals surface area contributed by atoms with Gasteiger partial charge in [0.1, 0.15) is 6.04 Å². The zero-order valence-electron chi connectivity index (χ0n) is 10.00. The van der Waals surface area contributed by atoms with Gasteiger partial charge in [-0.25, -0.2) is 4.79 Å². The zero-order valence-corrected chi connectivity index (χ0v) is 10.00. The van der Waals surface area contributed by atoms with Gasteiger partial charge in [-0.2, -0.15) is 0 Å². The molecule has 102 valence electrons. The molecule has 0 unspecified atom stereocenters. The van der Waals surface area contributed by atoms with Gasteiger partial charge in [0.25, 0.3) is 0 Å². The van der Waals surface area contributed by atoms with Crippen LogP contribution < -0.4 is 11.1 Å². The SMILES string of the molecule is Nc1ccc(CC(=O)N[C@@H](CC(=O)O)C(=O)O)cc1. The van der Waals surface area contributed by atoms with Crippen molar-refractivity contribution in [1.82, 2.24) is 5.32 Å². The molecule has 7 nitrogen and oxygen atoms in total. The monoisotopic (exact) mass is 266 g/mol. The largest absolute Gasteiger partial charge is 0.481 e. The number of anilines is 1. The average Bonchev–Trinajstić information content (AvgIpc) is 2.30. The van der Waals surface area contributed by atoms with Crippen molar-refractivity contribution in [1.29, 1.82) is 0 Å². The van der Waals surface area contributed by atoms with Crippen molar-refractivity contribution < 1.29 is 24.6 Å². The number of hydrogen-bond donors (Lipinski definition) is 4. The van der Waals surface area contributed by atoms with E-state index in [0.29, 0.717) is 11.3 Å². The van der Waals surface area contributed by atoms with Gasteiger partial charge in [0.05, 0.1) is 12.8 Å². The molecule has 1 aromatic carbocycles. The van der Waals surface area contributed by atoms with Crippen LogP contribution in [-0.2, 0) is 20.8 Å².